The van der Waals surface area contributed by atoms with Crippen molar-refractivity contribution in [3.05, 3.63) is 57.5 Å². The molecule has 1 aromatic heterocycles. The van der Waals surface area contributed by atoms with Gasteiger partial charge in [-0.05, 0) is 30.7 Å². The Hall–Kier alpha value is -2.87. The highest BCUT2D eigenvalue weighted by Gasteiger charge is 2.14. The summed E-state index contributed by atoms with van der Waals surface area (Å²) < 4.78 is 4.94. The van der Waals surface area contributed by atoms with Crippen LogP contribution in [-0.2, 0) is 4.79 Å². The number of nitrogens with one attached hydrogen (secondary N) is 2. The number of anilines is 1. The van der Waals surface area contributed by atoms with Crippen molar-refractivity contribution >= 4 is 34.8 Å². The molecule has 0 aliphatic heterocycles. The van der Waals surface area contributed by atoms with Crippen LogP contribution >= 0.6 is 11.6 Å². The molecule has 24 heavy (non-hydrogen) atoms. The second kappa shape index (κ2) is 8.11. The first kappa shape index (κ1) is 17.5. The Morgan fingerprint density at radius 3 is 2.75 bits per heavy atom. The lowest BCUT2D eigenvalue weighted by Gasteiger charge is -2.06. The van der Waals surface area contributed by atoms with E-state index in [1.165, 1.54) is 30.5 Å². The van der Waals surface area contributed by atoms with Crippen molar-refractivity contribution in [3.8, 4) is 0 Å². The van der Waals surface area contributed by atoms with E-state index >= 15 is 0 Å². The summed E-state index contributed by atoms with van der Waals surface area (Å²) in [5.41, 5.74) is 0.0101. The molecule has 0 fully saturated rings. The second-order valence-corrected chi connectivity index (χ2v) is 5.22. The lowest BCUT2D eigenvalue weighted by atomic mass is 10.2. The van der Waals surface area contributed by atoms with E-state index in [9.17, 15) is 19.7 Å². The minimum atomic E-state index is -0.623. The quantitative estimate of drug-likeness (QED) is 0.452. The molecule has 0 spiro atoms. The molecule has 9 heteroatoms. The lowest BCUT2D eigenvalue weighted by Crippen LogP contribution is -2.25. The maximum absolute atomic E-state index is 11.8. The molecule has 2 rings (SSSR count). The molecule has 0 bridgehead atoms. The molecule has 0 radical (unpaired) electrons. The first-order valence-electron chi connectivity index (χ1n) is 7.03. The van der Waals surface area contributed by atoms with E-state index in [2.05, 4.69) is 10.6 Å². The number of carbonyl (C=O) groups excluding carboxylic acids is 2. The van der Waals surface area contributed by atoms with Crippen LogP contribution in [-0.4, -0.2) is 23.3 Å². The van der Waals surface area contributed by atoms with Crippen LogP contribution in [0.5, 0.6) is 0 Å². The highest BCUT2D eigenvalue weighted by molar-refractivity contribution is 6.32. The highest BCUT2D eigenvalue weighted by atomic mass is 35.5. The van der Waals surface area contributed by atoms with E-state index in [-0.39, 0.29) is 40.4 Å². The number of furan rings is 1. The van der Waals surface area contributed by atoms with Gasteiger partial charge in [0.1, 0.15) is 5.02 Å². The van der Waals surface area contributed by atoms with E-state index < -0.39 is 4.92 Å². The summed E-state index contributed by atoms with van der Waals surface area (Å²) in [5, 5.41) is 16.0. The number of carbonyl (C=O) groups is 2. The van der Waals surface area contributed by atoms with Gasteiger partial charge >= 0.3 is 0 Å². The summed E-state index contributed by atoms with van der Waals surface area (Å²) in [6.45, 7) is 0.299. The zero-order valence-electron chi connectivity index (χ0n) is 12.5. The number of rotatable bonds is 7. The smallest absolute Gasteiger partial charge is 0.289 e. The Morgan fingerprint density at radius 2 is 2.08 bits per heavy atom. The van der Waals surface area contributed by atoms with Crippen LogP contribution in [0.25, 0.3) is 0 Å². The zero-order valence-corrected chi connectivity index (χ0v) is 13.2. The van der Waals surface area contributed by atoms with Crippen LogP contribution in [0.2, 0.25) is 5.02 Å². The summed E-state index contributed by atoms with van der Waals surface area (Å²) in [4.78, 5) is 33.6. The fourth-order valence-electron chi connectivity index (χ4n) is 1.90. The largest absolute Gasteiger partial charge is 0.459 e. The van der Waals surface area contributed by atoms with Crippen LogP contribution in [0, 0.1) is 10.1 Å². The van der Waals surface area contributed by atoms with Gasteiger partial charge in [-0.15, -0.1) is 0 Å². The van der Waals surface area contributed by atoms with E-state index in [4.69, 9.17) is 16.0 Å². The van der Waals surface area contributed by atoms with Crippen LogP contribution < -0.4 is 10.6 Å². The molecule has 0 atom stereocenters. The summed E-state index contributed by atoms with van der Waals surface area (Å²) in [6.07, 6.45) is 1.95. The minimum Gasteiger partial charge on any atom is -0.459 e. The maximum Gasteiger partial charge on any atom is 0.289 e. The number of nitrogens with zero attached hydrogens (tertiary/aromatic N) is 1. The van der Waals surface area contributed by atoms with Crippen LogP contribution in [0.15, 0.2) is 41.0 Å². The number of nitro groups is 1. The molecule has 2 amide bonds. The summed E-state index contributed by atoms with van der Waals surface area (Å²) in [7, 11) is 0. The molecule has 0 saturated carbocycles. The third-order valence-corrected chi connectivity index (χ3v) is 3.36. The number of benzene rings is 1. The van der Waals surface area contributed by atoms with E-state index in [1.807, 2.05) is 0 Å². The molecule has 1 heterocycles. The van der Waals surface area contributed by atoms with E-state index in [1.54, 1.807) is 6.07 Å². The number of hydrogen-bond acceptors (Lipinski definition) is 5. The topological polar surface area (TPSA) is 114 Å². The maximum atomic E-state index is 11.8. The molecule has 0 unspecified atom stereocenters. The molecule has 8 nitrogen and oxygen atoms in total. The number of halogens is 1. The summed E-state index contributed by atoms with van der Waals surface area (Å²) in [6, 6.07) is 7.16. The van der Waals surface area contributed by atoms with Gasteiger partial charge in [0.05, 0.1) is 11.2 Å². The van der Waals surface area contributed by atoms with Crippen LogP contribution in [0.1, 0.15) is 23.4 Å². The Kier molecular flexibility index (Phi) is 5.91. The molecule has 0 aliphatic rings. The van der Waals surface area contributed by atoms with Crippen LogP contribution in [0.4, 0.5) is 11.4 Å². The number of hydrogen-bond donors (Lipinski definition) is 2. The standard InChI is InChI=1S/C15H14ClN3O5/c16-11-6-5-10(9-12(11)19(22)23)18-14(20)4-1-7-17-15(21)13-3-2-8-24-13/h2-3,5-6,8-9H,1,4,7H2,(H,17,21)(H,18,20). The SMILES string of the molecule is O=C(CCCNC(=O)c1ccco1)Nc1ccc(Cl)c([N+](=O)[O-])c1. The van der Waals surface area contributed by atoms with Gasteiger partial charge in [0.25, 0.3) is 11.6 Å². The lowest BCUT2D eigenvalue weighted by molar-refractivity contribution is -0.384. The number of amides is 2. The third kappa shape index (κ3) is 4.82. The van der Waals surface area contributed by atoms with E-state index in [0.29, 0.717) is 13.0 Å². The van der Waals surface area contributed by atoms with Crippen molar-refractivity contribution in [2.24, 2.45) is 0 Å². The van der Waals surface area contributed by atoms with Gasteiger partial charge in [0, 0.05) is 24.7 Å². The van der Waals surface area contributed by atoms with Crippen molar-refractivity contribution in [2.45, 2.75) is 12.8 Å². The molecule has 1 aromatic carbocycles. The molecule has 2 aromatic rings. The molecule has 126 valence electrons. The fraction of sp³-hybridized carbons (Fsp3) is 0.200. The monoisotopic (exact) mass is 351 g/mol. The molecular weight excluding hydrogens is 338 g/mol. The average molecular weight is 352 g/mol. The van der Waals surface area contributed by atoms with Crippen molar-refractivity contribution in [1.82, 2.24) is 5.32 Å². The normalized spacial score (nSPS) is 10.2. The van der Waals surface area contributed by atoms with Gasteiger partial charge in [0.15, 0.2) is 5.76 Å². The molecular formula is C15H14ClN3O5. The van der Waals surface area contributed by atoms with Gasteiger partial charge in [-0.3, -0.25) is 19.7 Å². The predicted molar refractivity (Wildman–Crippen MR) is 87.0 cm³/mol. The zero-order chi connectivity index (χ0) is 17.5. The van der Waals surface area contributed by atoms with Gasteiger partial charge in [0.2, 0.25) is 5.91 Å². The highest BCUT2D eigenvalue weighted by Crippen LogP contribution is 2.27. The predicted octanol–water partition coefficient (Wildman–Crippen LogP) is 2.99. The summed E-state index contributed by atoms with van der Waals surface area (Å²) in [5.74, 6) is -0.472. The van der Waals surface area contributed by atoms with E-state index in [0.717, 1.165) is 0 Å². The van der Waals surface area contributed by atoms with Crippen LogP contribution in [0.3, 0.4) is 0 Å². The number of nitro benzene ring substituents is 1. The fourth-order valence-corrected chi connectivity index (χ4v) is 2.09. The minimum absolute atomic E-state index is 0.00126. The van der Waals surface area contributed by atoms with Gasteiger partial charge in [-0.25, -0.2) is 0 Å². The Bertz CT molecular complexity index is 746. The van der Waals surface area contributed by atoms with Crippen molar-refractivity contribution in [3.63, 3.8) is 0 Å². The van der Waals surface area contributed by atoms with Gasteiger partial charge in [-0.1, -0.05) is 11.6 Å². The average Bonchev–Trinajstić information content (AvgIpc) is 3.07. The second-order valence-electron chi connectivity index (χ2n) is 4.81. The first-order chi connectivity index (χ1) is 11.5. The Morgan fingerprint density at radius 1 is 1.29 bits per heavy atom. The van der Waals surface area contributed by atoms with Gasteiger partial charge < -0.3 is 15.1 Å². The first-order valence-corrected chi connectivity index (χ1v) is 7.40. The van der Waals surface area contributed by atoms with Gasteiger partial charge in [-0.2, -0.15) is 0 Å². The Balaban J connectivity index is 1.76. The molecule has 2 N–H and O–H groups in total. The van der Waals surface area contributed by atoms with Crippen molar-refractivity contribution in [1.29, 1.82) is 0 Å². The summed E-state index contributed by atoms with van der Waals surface area (Å²) >= 11 is 5.70. The third-order valence-electron chi connectivity index (χ3n) is 3.04. The van der Waals surface area contributed by atoms with Crippen molar-refractivity contribution in [2.75, 3.05) is 11.9 Å². The van der Waals surface area contributed by atoms with Crippen molar-refractivity contribution < 1.29 is 18.9 Å². The molecule has 0 saturated heterocycles. The molecule has 0 aliphatic carbocycles. The Labute approximate surface area is 141 Å².